The van der Waals surface area contributed by atoms with Crippen LogP contribution in [0.2, 0.25) is 0 Å². The predicted octanol–water partition coefficient (Wildman–Crippen LogP) is 1.28. The van der Waals surface area contributed by atoms with E-state index >= 15 is 0 Å². The average Bonchev–Trinajstić information content (AvgIpc) is 2.81. The van der Waals surface area contributed by atoms with Crippen molar-refractivity contribution in [1.82, 2.24) is 10.2 Å². The minimum atomic E-state index is -0.908. The van der Waals surface area contributed by atoms with Gasteiger partial charge in [-0.05, 0) is 24.1 Å². The van der Waals surface area contributed by atoms with Crippen LogP contribution in [0.4, 0.5) is 0 Å². The van der Waals surface area contributed by atoms with Gasteiger partial charge in [0.05, 0.1) is 13.2 Å². The molecule has 1 aromatic rings. The van der Waals surface area contributed by atoms with Crippen LogP contribution in [-0.2, 0) is 15.6 Å². The molecule has 1 aromatic carbocycles. The molecule has 1 aliphatic heterocycles. The van der Waals surface area contributed by atoms with E-state index < -0.39 is 10.8 Å². The maximum absolute atomic E-state index is 12.4. The van der Waals surface area contributed by atoms with Crippen molar-refractivity contribution in [3.05, 3.63) is 29.8 Å². The highest BCUT2D eigenvalue weighted by molar-refractivity contribution is 7.84. The minimum absolute atomic E-state index is 0.0868. The fourth-order valence-corrected chi connectivity index (χ4v) is 2.95. The van der Waals surface area contributed by atoms with Gasteiger partial charge in [0.2, 0.25) is 5.91 Å². The smallest absolute Gasteiger partial charge is 0.241 e. The van der Waals surface area contributed by atoms with Gasteiger partial charge in [0.15, 0.2) is 0 Å². The second kappa shape index (κ2) is 7.04. The summed E-state index contributed by atoms with van der Waals surface area (Å²) in [7, 11) is 0.720. The van der Waals surface area contributed by atoms with Gasteiger partial charge in [-0.1, -0.05) is 19.1 Å². The van der Waals surface area contributed by atoms with E-state index in [9.17, 15) is 9.00 Å². The third-order valence-electron chi connectivity index (χ3n) is 3.71. The number of benzene rings is 1. The Labute approximate surface area is 128 Å². The van der Waals surface area contributed by atoms with E-state index in [4.69, 9.17) is 4.74 Å². The molecule has 3 unspecified atom stereocenters. The van der Waals surface area contributed by atoms with Crippen LogP contribution < -0.4 is 10.1 Å². The Bertz CT molecular complexity index is 518. The number of amides is 1. The topological polar surface area (TPSA) is 58.6 Å². The van der Waals surface area contributed by atoms with Crippen molar-refractivity contribution in [2.75, 3.05) is 25.7 Å². The largest absolute Gasteiger partial charge is 0.497 e. The van der Waals surface area contributed by atoms with Crippen molar-refractivity contribution in [3.8, 4) is 5.75 Å². The zero-order valence-corrected chi connectivity index (χ0v) is 13.5. The maximum atomic E-state index is 12.4. The fraction of sp³-hybridized carbons (Fsp3) is 0.533. The van der Waals surface area contributed by atoms with Crippen LogP contribution >= 0.6 is 0 Å². The summed E-state index contributed by atoms with van der Waals surface area (Å²) in [6.07, 6.45) is 2.25. The normalized spacial score (nSPS) is 23.4. The lowest BCUT2D eigenvalue weighted by Gasteiger charge is -2.24. The van der Waals surface area contributed by atoms with E-state index in [1.165, 1.54) is 0 Å². The van der Waals surface area contributed by atoms with Crippen LogP contribution in [0.5, 0.6) is 5.75 Å². The van der Waals surface area contributed by atoms with Crippen molar-refractivity contribution in [2.24, 2.45) is 0 Å². The molecule has 1 amide bonds. The van der Waals surface area contributed by atoms with Gasteiger partial charge in [-0.3, -0.25) is 14.3 Å². The van der Waals surface area contributed by atoms with Crippen LogP contribution in [-0.4, -0.2) is 46.7 Å². The Morgan fingerprint density at radius 2 is 2.00 bits per heavy atom. The zero-order valence-electron chi connectivity index (χ0n) is 12.7. The Kier molecular flexibility index (Phi) is 5.36. The number of methoxy groups -OCH3 is 1. The molecule has 1 aliphatic rings. The van der Waals surface area contributed by atoms with Gasteiger partial charge in [-0.2, -0.15) is 0 Å². The molecular weight excluding hydrogens is 288 g/mol. The lowest BCUT2D eigenvalue weighted by Crippen LogP contribution is -2.34. The molecular formula is C15H22N2O3S. The first-order valence-electron chi connectivity index (χ1n) is 7.07. The summed E-state index contributed by atoms with van der Waals surface area (Å²) in [6.45, 7) is 2.49. The number of nitrogens with zero attached hydrogens (tertiary/aromatic N) is 1. The molecule has 0 spiro atoms. The summed E-state index contributed by atoms with van der Waals surface area (Å²) in [6, 6.07) is 7.52. The molecule has 0 saturated carbocycles. The minimum Gasteiger partial charge on any atom is -0.497 e. The fourth-order valence-electron chi connectivity index (χ4n) is 2.50. The molecule has 5 nitrogen and oxygen atoms in total. The van der Waals surface area contributed by atoms with Gasteiger partial charge < -0.3 is 9.64 Å². The van der Waals surface area contributed by atoms with E-state index in [-0.39, 0.29) is 18.1 Å². The lowest BCUT2D eigenvalue weighted by molar-refractivity contribution is -0.129. The summed E-state index contributed by atoms with van der Waals surface area (Å²) in [5, 5.41) is 3.35. The Balaban J connectivity index is 2.20. The summed E-state index contributed by atoms with van der Waals surface area (Å²) in [5.41, 5.74) is 1.02. The molecule has 1 saturated heterocycles. The predicted molar refractivity (Wildman–Crippen MR) is 83.6 cm³/mol. The standard InChI is InChI=1S/C15H22N2O3S/c1-4-13-15(18)17(9-10-21(3)19)14(16-13)11-5-7-12(20-2)8-6-11/h5-8,13-14,16H,4,9-10H2,1-3H3. The molecule has 116 valence electrons. The molecule has 0 aliphatic carbocycles. The quantitative estimate of drug-likeness (QED) is 0.860. The number of carbonyl (C=O) groups excluding carboxylic acids is 1. The lowest BCUT2D eigenvalue weighted by atomic mass is 10.1. The number of nitrogens with one attached hydrogen (secondary N) is 1. The number of hydrogen-bond donors (Lipinski definition) is 1. The molecule has 1 fully saturated rings. The van der Waals surface area contributed by atoms with Crippen molar-refractivity contribution >= 4 is 16.7 Å². The van der Waals surface area contributed by atoms with Gasteiger partial charge in [-0.15, -0.1) is 0 Å². The van der Waals surface area contributed by atoms with E-state index in [0.29, 0.717) is 12.3 Å². The van der Waals surface area contributed by atoms with E-state index in [1.807, 2.05) is 31.2 Å². The van der Waals surface area contributed by atoms with E-state index in [2.05, 4.69) is 5.32 Å². The van der Waals surface area contributed by atoms with Crippen LogP contribution in [0.25, 0.3) is 0 Å². The molecule has 3 atom stereocenters. The highest BCUT2D eigenvalue weighted by Gasteiger charge is 2.38. The van der Waals surface area contributed by atoms with Gasteiger partial charge >= 0.3 is 0 Å². The van der Waals surface area contributed by atoms with E-state index in [0.717, 1.165) is 17.7 Å². The molecule has 21 heavy (non-hydrogen) atoms. The second-order valence-electron chi connectivity index (χ2n) is 5.11. The van der Waals surface area contributed by atoms with Gasteiger partial charge in [-0.25, -0.2) is 0 Å². The van der Waals surface area contributed by atoms with Crippen molar-refractivity contribution in [1.29, 1.82) is 0 Å². The summed E-state index contributed by atoms with van der Waals surface area (Å²) < 4.78 is 16.5. The summed E-state index contributed by atoms with van der Waals surface area (Å²) >= 11 is 0. The molecule has 1 heterocycles. The van der Waals surface area contributed by atoms with Gasteiger partial charge in [0.25, 0.3) is 0 Å². The molecule has 0 bridgehead atoms. The first-order chi connectivity index (χ1) is 10.1. The first-order valence-corrected chi connectivity index (χ1v) is 8.80. The molecule has 6 heteroatoms. The van der Waals surface area contributed by atoms with Gasteiger partial charge in [0, 0.05) is 29.4 Å². The summed E-state index contributed by atoms with van der Waals surface area (Å²) in [4.78, 5) is 14.2. The number of carbonyl (C=O) groups is 1. The molecule has 1 N–H and O–H groups in total. The molecule has 2 rings (SSSR count). The molecule has 0 aromatic heterocycles. The Morgan fingerprint density at radius 3 is 2.52 bits per heavy atom. The van der Waals surface area contributed by atoms with E-state index in [1.54, 1.807) is 18.3 Å². The van der Waals surface area contributed by atoms with Crippen LogP contribution in [0.15, 0.2) is 24.3 Å². The highest BCUT2D eigenvalue weighted by Crippen LogP contribution is 2.27. The van der Waals surface area contributed by atoms with Crippen molar-refractivity contribution in [2.45, 2.75) is 25.6 Å². The van der Waals surface area contributed by atoms with Crippen LogP contribution in [0.3, 0.4) is 0 Å². The molecule has 0 radical (unpaired) electrons. The monoisotopic (exact) mass is 310 g/mol. The number of rotatable bonds is 6. The SMILES string of the molecule is CCC1NC(c2ccc(OC)cc2)N(CCS(C)=O)C1=O. The first kappa shape index (κ1) is 16.0. The number of hydrogen-bond acceptors (Lipinski definition) is 4. The maximum Gasteiger partial charge on any atom is 0.241 e. The third kappa shape index (κ3) is 3.63. The summed E-state index contributed by atoms with van der Waals surface area (Å²) in [5.74, 6) is 1.37. The zero-order chi connectivity index (χ0) is 15.4. The Hall–Kier alpha value is -1.40. The van der Waals surface area contributed by atoms with Gasteiger partial charge in [0.1, 0.15) is 11.9 Å². The second-order valence-corrected chi connectivity index (χ2v) is 6.67. The average molecular weight is 310 g/mol. The van der Waals surface area contributed by atoms with Crippen molar-refractivity contribution in [3.63, 3.8) is 0 Å². The third-order valence-corrected chi connectivity index (χ3v) is 4.47. The Morgan fingerprint density at radius 1 is 1.33 bits per heavy atom. The number of ether oxygens (including phenoxy) is 1. The van der Waals surface area contributed by atoms with Crippen molar-refractivity contribution < 1.29 is 13.7 Å². The van der Waals surface area contributed by atoms with Crippen LogP contribution in [0.1, 0.15) is 25.1 Å². The highest BCUT2D eigenvalue weighted by atomic mass is 32.2. The van der Waals surface area contributed by atoms with Crippen LogP contribution in [0, 0.1) is 0 Å².